The molecule has 0 spiro atoms. The molecular formula is C19H25N3O3S. The number of carbonyl (C=O) groups is 1. The van der Waals surface area contributed by atoms with Crippen LogP contribution < -0.4 is 10.2 Å². The van der Waals surface area contributed by atoms with Crippen LogP contribution in [0.25, 0.3) is 0 Å². The molecule has 2 aromatic rings. The molecule has 0 heterocycles. The Balaban J connectivity index is 2.12. The van der Waals surface area contributed by atoms with Crippen LogP contribution in [0.15, 0.2) is 53.4 Å². The molecule has 0 atom stereocenters. The van der Waals surface area contributed by atoms with Crippen LogP contribution in [0.2, 0.25) is 0 Å². The van der Waals surface area contributed by atoms with E-state index in [2.05, 4.69) is 5.32 Å². The normalized spacial score (nSPS) is 11.4. The van der Waals surface area contributed by atoms with Gasteiger partial charge in [-0.1, -0.05) is 13.8 Å². The van der Waals surface area contributed by atoms with Crippen molar-refractivity contribution in [3.63, 3.8) is 0 Å². The summed E-state index contributed by atoms with van der Waals surface area (Å²) in [7, 11) is 0.371. The first-order chi connectivity index (χ1) is 12.3. The molecule has 6 nitrogen and oxygen atoms in total. The number of carbonyl (C=O) groups excluding carboxylic acids is 1. The second-order valence-electron chi connectivity index (χ2n) is 6.01. The number of anilines is 2. The van der Waals surface area contributed by atoms with E-state index in [0.717, 1.165) is 5.69 Å². The Bertz CT molecular complexity index is 841. The molecule has 0 saturated heterocycles. The van der Waals surface area contributed by atoms with Crippen LogP contribution in [0, 0.1) is 0 Å². The van der Waals surface area contributed by atoms with Crippen LogP contribution in [0.1, 0.15) is 24.2 Å². The van der Waals surface area contributed by atoms with E-state index in [-0.39, 0.29) is 10.8 Å². The summed E-state index contributed by atoms with van der Waals surface area (Å²) in [6.07, 6.45) is 0. The topological polar surface area (TPSA) is 69.7 Å². The molecule has 0 saturated carbocycles. The zero-order valence-corrected chi connectivity index (χ0v) is 16.4. The van der Waals surface area contributed by atoms with Crippen molar-refractivity contribution in [2.45, 2.75) is 18.7 Å². The predicted octanol–water partition coefficient (Wildman–Crippen LogP) is 3.04. The summed E-state index contributed by atoms with van der Waals surface area (Å²) in [5.41, 5.74) is 2.09. The number of hydrogen-bond acceptors (Lipinski definition) is 4. The van der Waals surface area contributed by atoms with Gasteiger partial charge >= 0.3 is 0 Å². The van der Waals surface area contributed by atoms with E-state index in [1.165, 1.54) is 16.4 Å². The summed E-state index contributed by atoms with van der Waals surface area (Å²) in [4.78, 5) is 14.5. The molecule has 0 aliphatic rings. The average Bonchev–Trinajstić information content (AvgIpc) is 2.63. The van der Waals surface area contributed by atoms with Crippen molar-refractivity contribution in [2.75, 3.05) is 37.4 Å². The van der Waals surface area contributed by atoms with Gasteiger partial charge in [-0.15, -0.1) is 0 Å². The Labute approximate surface area is 155 Å². The lowest BCUT2D eigenvalue weighted by Gasteiger charge is -2.18. The van der Waals surface area contributed by atoms with Crippen molar-refractivity contribution >= 4 is 27.3 Å². The third-order valence-corrected chi connectivity index (χ3v) is 6.17. The Hall–Kier alpha value is -2.38. The summed E-state index contributed by atoms with van der Waals surface area (Å²) < 4.78 is 26.3. The molecule has 0 bridgehead atoms. The largest absolute Gasteiger partial charge is 0.378 e. The minimum atomic E-state index is -3.50. The fraction of sp³-hybridized carbons (Fsp3) is 0.316. The van der Waals surface area contributed by atoms with Gasteiger partial charge in [-0.2, -0.15) is 4.31 Å². The van der Waals surface area contributed by atoms with E-state index in [1.54, 1.807) is 38.1 Å². The number of nitrogens with zero attached hydrogens (tertiary/aromatic N) is 2. The van der Waals surface area contributed by atoms with Gasteiger partial charge in [0.1, 0.15) is 0 Å². The lowest BCUT2D eigenvalue weighted by molar-refractivity contribution is 0.102. The molecule has 1 amide bonds. The smallest absolute Gasteiger partial charge is 0.255 e. The summed E-state index contributed by atoms with van der Waals surface area (Å²) in [5.74, 6) is -0.241. The minimum absolute atomic E-state index is 0.217. The summed E-state index contributed by atoms with van der Waals surface area (Å²) in [6, 6.07) is 13.5. The first-order valence-corrected chi connectivity index (χ1v) is 9.92. The van der Waals surface area contributed by atoms with Gasteiger partial charge in [-0.05, 0) is 48.5 Å². The zero-order valence-electron chi connectivity index (χ0n) is 15.6. The van der Waals surface area contributed by atoms with Gasteiger partial charge in [-0.3, -0.25) is 4.79 Å². The number of nitrogens with one attached hydrogen (secondary N) is 1. The van der Waals surface area contributed by atoms with Gasteiger partial charge in [0.2, 0.25) is 10.0 Å². The summed E-state index contributed by atoms with van der Waals surface area (Å²) in [6.45, 7) is 4.44. The van der Waals surface area contributed by atoms with E-state index in [9.17, 15) is 13.2 Å². The van der Waals surface area contributed by atoms with Crippen LogP contribution in [0.4, 0.5) is 11.4 Å². The van der Waals surface area contributed by atoms with Crippen LogP contribution in [-0.2, 0) is 10.0 Å². The van der Waals surface area contributed by atoms with E-state index >= 15 is 0 Å². The maximum absolute atomic E-state index is 12.5. The van der Waals surface area contributed by atoms with Gasteiger partial charge in [0.05, 0.1) is 4.90 Å². The monoisotopic (exact) mass is 375 g/mol. The Morgan fingerprint density at radius 2 is 1.46 bits per heavy atom. The molecule has 0 fully saturated rings. The Morgan fingerprint density at radius 3 is 1.92 bits per heavy atom. The molecule has 2 rings (SSSR count). The van der Waals surface area contributed by atoms with Gasteiger partial charge < -0.3 is 10.2 Å². The second-order valence-corrected chi connectivity index (χ2v) is 7.95. The third-order valence-electron chi connectivity index (χ3n) is 4.10. The fourth-order valence-corrected chi connectivity index (χ4v) is 4.00. The summed E-state index contributed by atoms with van der Waals surface area (Å²) >= 11 is 0. The van der Waals surface area contributed by atoms with Crippen molar-refractivity contribution in [3.05, 3.63) is 54.1 Å². The molecule has 0 aliphatic heterocycles. The van der Waals surface area contributed by atoms with E-state index in [1.807, 2.05) is 31.1 Å². The van der Waals surface area contributed by atoms with Gasteiger partial charge in [0, 0.05) is 44.1 Å². The highest BCUT2D eigenvalue weighted by Crippen LogP contribution is 2.19. The Morgan fingerprint density at radius 1 is 0.923 bits per heavy atom. The number of amides is 1. The van der Waals surface area contributed by atoms with Gasteiger partial charge in [0.15, 0.2) is 0 Å². The lowest BCUT2D eigenvalue weighted by atomic mass is 10.2. The fourth-order valence-electron chi connectivity index (χ4n) is 2.54. The molecule has 0 radical (unpaired) electrons. The number of benzene rings is 2. The van der Waals surface area contributed by atoms with Crippen LogP contribution in [0.3, 0.4) is 0 Å². The van der Waals surface area contributed by atoms with Crippen molar-refractivity contribution < 1.29 is 13.2 Å². The highest BCUT2D eigenvalue weighted by atomic mass is 32.2. The molecule has 0 aromatic heterocycles. The van der Waals surface area contributed by atoms with E-state index in [0.29, 0.717) is 24.3 Å². The highest BCUT2D eigenvalue weighted by Gasteiger charge is 2.21. The Kier molecular flexibility index (Phi) is 6.39. The summed E-state index contributed by atoms with van der Waals surface area (Å²) in [5, 5.41) is 2.78. The maximum Gasteiger partial charge on any atom is 0.255 e. The number of rotatable bonds is 7. The first-order valence-electron chi connectivity index (χ1n) is 8.48. The molecule has 2 aromatic carbocycles. The van der Waals surface area contributed by atoms with Crippen LogP contribution >= 0.6 is 0 Å². The van der Waals surface area contributed by atoms with Gasteiger partial charge in [0.25, 0.3) is 5.91 Å². The van der Waals surface area contributed by atoms with Crippen LogP contribution in [-0.4, -0.2) is 45.8 Å². The molecular weight excluding hydrogens is 350 g/mol. The number of hydrogen-bond donors (Lipinski definition) is 1. The molecule has 0 unspecified atom stereocenters. The molecule has 26 heavy (non-hydrogen) atoms. The third kappa shape index (κ3) is 4.42. The molecule has 7 heteroatoms. The van der Waals surface area contributed by atoms with Crippen LogP contribution in [0.5, 0.6) is 0 Å². The lowest BCUT2D eigenvalue weighted by Crippen LogP contribution is -2.30. The predicted molar refractivity (Wildman–Crippen MR) is 105 cm³/mol. The SMILES string of the molecule is CCN(CC)S(=O)(=O)c1ccc(NC(=O)c2ccc(N(C)C)cc2)cc1. The second kappa shape index (κ2) is 8.33. The number of sulfonamides is 1. The molecule has 1 N–H and O–H groups in total. The average molecular weight is 375 g/mol. The van der Waals surface area contributed by atoms with E-state index in [4.69, 9.17) is 0 Å². The standard InChI is InChI=1S/C19H25N3O3S/c1-5-22(6-2)26(24,25)18-13-9-16(10-14-18)20-19(23)15-7-11-17(12-8-15)21(3)4/h7-14H,5-6H2,1-4H3,(H,20,23). The van der Waals surface area contributed by atoms with Gasteiger partial charge in [-0.25, -0.2) is 8.42 Å². The van der Waals surface area contributed by atoms with Crippen molar-refractivity contribution in [1.29, 1.82) is 0 Å². The molecule has 140 valence electrons. The van der Waals surface area contributed by atoms with Crippen molar-refractivity contribution in [3.8, 4) is 0 Å². The maximum atomic E-state index is 12.5. The molecule has 0 aliphatic carbocycles. The minimum Gasteiger partial charge on any atom is -0.378 e. The van der Waals surface area contributed by atoms with E-state index < -0.39 is 10.0 Å². The quantitative estimate of drug-likeness (QED) is 0.808. The zero-order chi connectivity index (χ0) is 19.3. The van der Waals surface area contributed by atoms with Crippen molar-refractivity contribution in [1.82, 2.24) is 4.31 Å². The highest BCUT2D eigenvalue weighted by molar-refractivity contribution is 7.89. The first kappa shape index (κ1) is 19.9. The van der Waals surface area contributed by atoms with Crippen molar-refractivity contribution in [2.24, 2.45) is 0 Å².